The summed E-state index contributed by atoms with van der Waals surface area (Å²) in [6.07, 6.45) is 0. The number of nitrogens with zero attached hydrogens (tertiary/aromatic N) is 1. The van der Waals surface area contributed by atoms with Gasteiger partial charge >= 0.3 is 0 Å². The lowest BCUT2D eigenvalue weighted by atomic mass is 9.98. The van der Waals surface area contributed by atoms with Gasteiger partial charge < -0.3 is 13.7 Å². The number of hydrogen-bond donors (Lipinski definition) is 0. The number of benzene rings is 10. The van der Waals surface area contributed by atoms with Crippen molar-refractivity contribution in [3.8, 4) is 33.4 Å². The van der Waals surface area contributed by atoms with Gasteiger partial charge in [-0.15, -0.1) is 0 Å². The van der Waals surface area contributed by atoms with Crippen molar-refractivity contribution < 1.29 is 8.83 Å². The minimum absolute atomic E-state index is 0.888. The molecule has 10 aromatic carbocycles. The maximum atomic E-state index is 6.50. The maximum Gasteiger partial charge on any atom is 0.143 e. The van der Waals surface area contributed by atoms with Crippen LogP contribution < -0.4 is 4.90 Å². The summed E-state index contributed by atoms with van der Waals surface area (Å²) in [5.74, 6) is 0. The molecule has 0 fully saturated rings. The molecule has 0 aliphatic carbocycles. The van der Waals surface area contributed by atoms with E-state index in [0.717, 1.165) is 94.3 Å². The van der Waals surface area contributed by atoms with Gasteiger partial charge in [-0.25, -0.2) is 0 Å². The molecule has 12 rings (SSSR count). The molecule has 0 aliphatic heterocycles. The fourth-order valence-corrected chi connectivity index (χ4v) is 8.98. The molecule has 0 radical (unpaired) electrons. The van der Waals surface area contributed by atoms with E-state index in [1.165, 1.54) is 21.5 Å². The van der Waals surface area contributed by atoms with Crippen molar-refractivity contribution in [2.24, 2.45) is 0 Å². The van der Waals surface area contributed by atoms with Crippen molar-refractivity contribution in [2.75, 3.05) is 4.90 Å². The number of fused-ring (bicyclic) bond motifs is 9. The van der Waals surface area contributed by atoms with E-state index in [-0.39, 0.29) is 0 Å². The van der Waals surface area contributed by atoms with E-state index in [0.29, 0.717) is 0 Å². The molecule has 0 aliphatic rings. The molecule has 3 nitrogen and oxygen atoms in total. The Kier molecular flexibility index (Phi) is 7.54. The van der Waals surface area contributed by atoms with Crippen molar-refractivity contribution in [3.63, 3.8) is 0 Å². The summed E-state index contributed by atoms with van der Waals surface area (Å²) in [5, 5.41) is 9.39. The molecule has 276 valence electrons. The Morgan fingerprint density at radius 1 is 0.288 bits per heavy atom. The third-order valence-corrected chi connectivity index (χ3v) is 11.9. The van der Waals surface area contributed by atoms with Crippen LogP contribution in [0.2, 0.25) is 0 Å². The van der Waals surface area contributed by atoms with Crippen LogP contribution in [0.3, 0.4) is 0 Å². The molecular weight excluding hydrogens is 719 g/mol. The van der Waals surface area contributed by atoms with Crippen LogP contribution in [-0.4, -0.2) is 0 Å². The van der Waals surface area contributed by atoms with Gasteiger partial charge in [0, 0.05) is 43.9 Å². The maximum absolute atomic E-state index is 6.50. The molecule has 0 bridgehead atoms. The first-order valence-corrected chi connectivity index (χ1v) is 20.1. The van der Waals surface area contributed by atoms with Crippen LogP contribution in [0, 0.1) is 0 Å². The third-order valence-electron chi connectivity index (χ3n) is 11.9. The van der Waals surface area contributed by atoms with Gasteiger partial charge in [-0.2, -0.15) is 0 Å². The summed E-state index contributed by atoms with van der Waals surface area (Å²) in [6.45, 7) is 0. The van der Waals surface area contributed by atoms with Crippen LogP contribution in [-0.2, 0) is 0 Å². The number of anilines is 3. The van der Waals surface area contributed by atoms with Crippen LogP contribution in [0.4, 0.5) is 17.1 Å². The molecular formula is C56H35NO2. The van der Waals surface area contributed by atoms with Crippen LogP contribution >= 0.6 is 0 Å². The first-order chi connectivity index (χ1) is 29.2. The highest BCUT2D eigenvalue weighted by molar-refractivity contribution is 6.15. The summed E-state index contributed by atoms with van der Waals surface area (Å²) in [6, 6.07) is 75.8. The van der Waals surface area contributed by atoms with E-state index >= 15 is 0 Å². The van der Waals surface area contributed by atoms with Gasteiger partial charge in [0.05, 0.1) is 5.69 Å². The van der Waals surface area contributed by atoms with E-state index in [4.69, 9.17) is 8.83 Å². The van der Waals surface area contributed by atoms with Crippen molar-refractivity contribution >= 4 is 82.5 Å². The Labute approximate surface area is 340 Å². The summed E-state index contributed by atoms with van der Waals surface area (Å²) in [5.41, 5.74) is 13.7. The van der Waals surface area contributed by atoms with Crippen LogP contribution in [0.15, 0.2) is 221 Å². The predicted molar refractivity (Wildman–Crippen MR) is 247 cm³/mol. The fraction of sp³-hybridized carbons (Fsp3) is 0. The van der Waals surface area contributed by atoms with Crippen LogP contribution in [0.25, 0.3) is 98.8 Å². The fourth-order valence-electron chi connectivity index (χ4n) is 8.98. The van der Waals surface area contributed by atoms with Gasteiger partial charge in [-0.3, -0.25) is 0 Å². The van der Waals surface area contributed by atoms with E-state index in [1.807, 2.05) is 18.2 Å². The molecule has 0 atom stereocenters. The van der Waals surface area contributed by atoms with Gasteiger partial charge in [0.15, 0.2) is 0 Å². The highest BCUT2D eigenvalue weighted by Gasteiger charge is 2.19. The minimum Gasteiger partial charge on any atom is -0.456 e. The minimum atomic E-state index is 0.888. The van der Waals surface area contributed by atoms with E-state index in [2.05, 4.69) is 199 Å². The molecule has 0 unspecified atom stereocenters. The molecule has 0 spiro atoms. The Bertz CT molecular complexity index is 3540. The molecule has 0 amide bonds. The van der Waals surface area contributed by atoms with Crippen LogP contribution in [0.5, 0.6) is 0 Å². The number of rotatable bonds is 6. The summed E-state index contributed by atoms with van der Waals surface area (Å²) in [7, 11) is 0. The van der Waals surface area contributed by atoms with Gasteiger partial charge in [0.2, 0.25) is 0 Å². The summed E-state index contributed by atoms with van der Waals surface area (Å²) >= 11 is 0. The summed E-state index contributed by atoms with van der Waals surface area (Å²) in [4.78, 5) is 2.39. The first kappa shape index (κ1) is 33.3. The lowest BCUT2D eigenvalue weighted by Gasteiger charge is -2.28. The second kappa shape index (κ2) is 13.4. The topological polar surface area (TPSA) is 29.5 Å². The third kappa shape index (κ3) is 5.51. The molecule has 0 saturated heterocycles. The Morgan fingerprint density at radius 3 is 1.64 bits per heavy atom. The van der Waals surface area contributed by atoms with Crippen molar-refractivity contribution in [2.45, 2.75) is 0 Å². The average Bonchev–Trinajstić information content (AvgIpc) is 3.88. The molecule has 2 aromatic heterocycles. The average molecular weight is 754 g/mol. The first-order valence-electron chi connectivity index (χ1n) is 20.1. The Morgan fingerprint density at radius 2 is 0.864 bits per heavy atom. The zero-order chi connectivity index (χ0) is 38.9. The van der Waals surface area contributed by atoms with Crippen molar-refractivity contribution in [1.29, 1.82) is 0 Å². The Hall–Kier alpha value is -7.88. The highest BCUT2D eigenvalue weighted by Crippen LogP contribution is 2.44. The SMILES string of the molecule is c1ccc(-c2cccc3c2oc2ccc(-c4ccc(N(c5ccc(-c6ccc7c(c6)oc6ccccc67)cc5)c5cc6ccccc6c6ccccc56)cc4)cc23)cc1. The Balaban J connectivity index is 0.963. The smallest absolute Gasteiger partial charge is 0.143 e. The molecule has 2 heterocycles. The van der Waals surface area contributed by atoms with Crippen LogP contribution in [0.1, 0.15) is 0 Å². The number of furan rings is 2. The quantitative estimate of drug-likeness (QED) is 0.158. The van der Waals surface area contributed by atoms with Gasteiger partial charge in [0.1, 0.15) is 22.3 Å². The van der Waals surface area contributed by atoms with E-state index < -0.39 is 0 Å². The van der Waals surface area contributed by atoms with Crippen molar-refractivity contribution in [1.82, 2.24) is 0 Å². The molecule has 0 saturated carbocycles. The molecule has 3 heteroatoms. The monoisotopic (exact) mass is 753 g/mol. The normalized spacial score (nSPS) is 11.7. The lowest BCUT2D eigenvalue weighted by molar-refractivity contribution is 0.669. The van der Waals surface area contributed by atoms with Gasteiger partial charge in [-0.05, 0) is 105 Å². The number of para-hydroxylation sites is 2. The second-order valence-corrected chi connectivity index (χ2v) is 15.3. The molecule has 59 heavy (non-hydrogen) atoms. The molecule has 12 aromatic rings. The standard InChI is InChI=1S/C56H35NO2/c1-2-11-38(12-3-1)45-18-10-19-50-51-33-39(26-32-54(51)59-56(45)50)36-21-27-42(28-22-36)57(52-34-41-13-4-5-14-44(41)46-15-6-7-16-47(46)52)43-29-23-37(24-30-43)40-25-31-49-48-17-8-9-20-53(48)58-55(49)35-40/h1-35H. The number of hydrogen-bond acceptors (Lipinski definition) is 3. The molecule has 0 N–H and O–H groups in total. The summed E-state index contributed by atoms with van der Waals surface area (Å²) < 4.78 is 12.8. The zero-order valence-corrected chi connectivity index (χ0v) is 32.0. The highest BCUT2D eigenvalue weighted by atomic mass is 16.3. The predicted octanol–water partition coefficient (Wildman–Crippen LogP) is 16.3. The van der Waals surface area contributed by atoms with E-state index in [9.17, 15) is 0 Å². The van der Waals surface area contributed by atoms with E-state index in [1.54, 1.807) is 0 Å². The largest absolute Gasteiger partial charge is 0.456 e. The zero-order valence-electron chi connectivity index (χ0n) is 32.0. The van der Waals surface area contributed by atoms with Gasteiger partial charge in [0.25, 0.3) is 0 Å². The lowest BCUT2D eigenvalue weighted by Crippen LogP contribution is -2.10. The van der Waals surface area contributed by atoms with Gasteiger partial charge in [-0.1, -0.05) is 152 Å². The second-order valence-electron chi connectivity index (χ2n) is 15.3. The van der Waals surface area contributed by atoms with Crippen molar-refractivity contribution in [3.05, 3.63) is 212 Å².